The number of fused-ring (bicyclic) bond motifs is 1. The fourth-order valence-corrected chi connectivity index (χ4v) is 5.98. The molecule has 1 fully saturated rings. The second kappa shape index (κ2) is 6.96. The molecule has 0 bridgehead atoms. The second-order valence-electron chi connectivity index (χ2n) is 9.96. The summed E-state index contributed by atoms with van der Waals surface area (Å²) >= 11 is 6.85. The molecule has 2 rings (SSSR count). The Balaban J connectivity index is 2.22. The van der Waals surface area contributed by atoms with Crippen LogP contribution in [-0.4, -0.2) is 31.2 Å². The molecule has 3 atom stereocenters. The molecule has 0 aromatic rings. The number of rotatable bonds is 3. The first-order valence-electron chi connectivity index (χ1n) is 9.39. The van der Waals surface area contributed by atoms with E-state index in [4.69, 9.17) is 21.4 Å². The van der Waals surface area contributed by atoms with E-state index < -0.39 is 8.32 Å². The zero-order valence-electron chi connectivity index (χ0n) is 17.5. The van der Waals surface area contributed by atoms with Gasteiger partial charge in [-0.1, -0.05) is 65.0 Å². The van der Waals surface area contributed by atoms with Gasteiger partial charge in [-0.3, -0.25) is 0 Å². The van der Waals surface area contributed by atoms with Gasteiger partial charge in [0.05, 0.1) is 6.10 Å². The fraction of sp³-hybridized carbons (Fsp3) is 0.850. The Morgan fingerprint density at radius 2 is 1.84 bits per heavy atom. The van der Waals surface area contributed by atoms with Crippen molar-refractivity contribution in [3.05, 3.63) is 11.6 Å². The van der Waals surface area contributed by atoms with Crippen molar-refractivity contribution in [3.63, 3.8) is 0 Å². The van der Waals surface area contributed by atoms with E-state index in [-0.39, 0.29) is 22.0 Å². The zero-order chi connectivity index (χ0) is 19.3. The van der Waals surface area contributed by atoms with Crippen molar-refractivity contribution in [2.24, 2.45) is 10.8 Å². The summed E-state index contributed by atoms with van der Waals surface area (Å²) in [4.78, 5) is 0. The lowest BCUT2D eigenvalue weighted by molar-refractivity contribution is -0.00858. The SMILES string of the molecule is CSC(=S)O[C@H]1CC[C@@]2(C)C(=CC[C@@H]2O[Si](C)(C)C(C)(C)C)C1(C)C. The smallest absolute Gasteiger partial charge is 0.219 e. The van der Waals surface area contributed by atoms with Crippen molar-refractivity contribution in [2.45, 2.75) is 91.1 Å². The van der Waals surface area contributed by atoms with Gasteiger partial charge >= 0.3 is 0 Å². The molecule has 0 spiro atoms. The van der Waals surface area contributed by atoms with Crippen LogP contribution in [0.4, 0.5) is 0 Å². The van der Waals surface area contributed by atoms with E-state index in [1.807, 2.05) is 6.26 Å². The molecule has 25 heavy (non-hydrogen) atoms. The van der Waals surface area contributed by atoms with Gasteiger partial charge in [-0.15, -0.1) is 0 Å². The van der Waals surface area contributed by atoms with Crippen LogP contribution in [0.3, 0.4) is 0 Å². The summed E-state index contributed by atoms with van der Waals surface area (Å²) in [5, 5.41) is 0.243. The molecule has 2 aliphatic carbocycles. The predicted molar refractivity (Wildman–Crippen MR) is 117 cm³/mol. The minimum atomic E-state index is -1.78. The first-order chi connectivity index (χ1) is 11.3. The maximum atomic E-state index is 6.88. The lowest BCUT2D eigenvalue weighted by Crippen LogP contribution is -2.52. The highest BCUT2D eigenvalue weighted by Crippen LogP contribution is 2.58. The number of ether oxygens (including phenoxy) is 1. The molecule has 0 unspecified atom stereocenters. The van der Waals surface area contributed by atoms with Gasteiger partial charge in [-0.05, 0) is 55.9 Å². The molecule has 0 saturated heterocycles. The van der Waals surface area contributed by atoms with E-state index in [9.17, 15) is 0 Å². The third-order valence-corrected chi connectivity index (χ3v) is 12.4. The van der Waals surface area contributed by atoms with Gasteiger partial charge in [-0.2, -0.15) is 0 Å². The lowest BCUT2D eigenvalue weighted by atomic mass is 9.59. The number of hydrogen-bond donors (Lipinski definition) is 0. The average Bonchev–Trinajstić information content (AvgIpc) is 2.79. The molecule has 144 valence electrons. The Labute approximate surface area is 165 Å². The summed E-state index contributed by atoms with van der Waals surface area (Å²) < 4.78 is 13.7. The summed E-state index contributed by atoms with van der Waals surface area (Å²) in [7, 11) is -1.78. The van der Waals surface area contributed by atoms with Crippen molar-refractivity contribution >= 4 is 36.7 Å². The third kappa shape index (κ3) is 3.90. The number of hydrogen-bond acceptors (Lipinski definition) is 4. The first-order valence-corrected chi connectivity index (χ1v) is 13.9. The van der Waals surface area contributed by atoms with Gasteiger partial charge in [0.15, 0.2) is 8.32 Å². The quantitative estimate of drug-likeness (QED) is 0.303. The van der Waals surface area contributed by atoms with Crippen molar-refractivity contribution in [1.29, 1.82) is 0 Å². The molecule has 2 nitrogen and oxygen atoms in total. The summed E-state index contributed by atoms with van der Waals surface area (Å²) in [6, 6.07) is 0. The van der Waals surface area contributed by atoms with E-state index in [0.29, 0.717) is 10.5 Å². The first kappa shape index (κ1) is 21.5. The Kier molecular flexibility index (Phi) is 5.97. The molecule has 0 radical (unpaired) electrons. The van der Waals surface area contributed by atoms with Crippen molar-refractivity contribution in [3.8, 4) is 0 Å². The van der Waals surface area contributed by atoms with Gasteiger partial charge in [0.1, 0.15) is 6.10 Å². The molecule has 0 aromatic carbocycles. The summed E-state index contributed by atoms with van der Waals surface area (Å²) in [6.07, 6.45) is 8.08. The molecule has 0 aliphatic heterocycles. The minimum Gasteiger partial charge on any atom is -0.474 e. The topological polar surface area (TPSA) is 18.5 Å². The highest BCUT2D eigenvalue weighted by atomic mass is 32.2. The second-order valence-corrected chi connectivity index (χ2v) is 16.1. The van der Waals surface area contributed by atoms with Crippen LogP contribution < -0.4 is 0 Å². The molecule has 0 N–H and O–H groups in total. The third-order valence-electron chi connectivity index (χ3n) is 6.94. The van der Waals surface area contributed by atoms with E-state index in [2.05, 4.69) is 60.7 Å². The van der Waals surface area contributed by atoms with Crippen LogP contribution >= 0.6 is 24.0 Å². The zero-order valence-corrected chi connectivity index (χ0v) is 20.1. The van der Waals surface area contributed by atoms with Gasteiger partial charge in [0.2, 0.25) is 4.38 Å². The largest absolute Gasteiger partial charge is 0.474 e. The summed E-state index contributed by atoms with van der Waals surface area (Å²) in [6.45, 7) is 18.7. The lowest BCUT2D eigenvalue weighted by Gasteiger charge is -2.51. The minimum absolute atomic E-state index is 0.00166. The van der Waals surface area contributed by atoms with Crippen LogP contribution in [0.2, 0.25) is 18.1 Å². The molecule has 0 amide bonds. The summed E-state index contributed by atoms with van der Waals surface area (Å²) in [5.41, 5.74) is 1.64. The maximum Gasteiger partial charge on any atom is 0.219 e. The van der Waals surface area contributed by atoms with Crippen LogP contribution in [0.5, 0.6) is 0 Å². The van der Waals surface area contributed by atoms with E-state index in [1.165, 1.54) is 17.3 Å². The van der Waals surface area contributed by atoms with Crippen LogP contribution in [0.25, 0.3) is 0 Å². The van der Waals surface area contributed by atoms with Gasteiger partial charge in [-0.25, -0.2) is 0 Å². The van der Waals surface area contributed by atoms with E-state index >= 15 is 0 Å². The standard InChI is InChI=1S/C20H36O2S2Si/c1-18(2,3)25(8,9)22-16-11-10-14-19(4,5)15(21-17(23)24-7)12-13-20(14,16)6/h10,15-16H,11-13H2,1-9H3/t15-,16-,20-/m0/s1. The Morgan fingerprint density at radius 1 is 1.24 bits per heavy atom. The maximum absolute atomic E-state index is 6.88. The Hall–Kier alpha value is 0.157. The van der Waals surface area contributed by atoms with Crippen molar-refractivity contribution < 1.29 is 9.16 Å². The van der Waals surface area contributed by atoms with Crippen molar-refractivity contribution in [2.75, 3.05) is 6.26 Å². The Bertz CT molecular complexity index is 563. The fourth-order valence-electron chi connectivity index (χ4n) is 4.23. The summed E-state index contributed by atoms with van der Waals surface area (Å²) in [5.74, 6) is 0. The number of thioether (sulfide) groups is 1. The predicted octanol–water partition coefficient (Wildman–Crippen LogP) is 6.57. The highest BCUT2D eigenvalue weighted by Gasteiger charge is 2.55. The normalized spacial score (nSPS) is 32.1. The van der Waals surface area contributed by atoms with Crippen LogP contribution in [0.15, 0.2) is 11.6 Å². The average molecular weight is 401 g/mol. The molecular formula is C20H36O2S2Si. The molecule has 5 heteroatoms. The molecule has 1 saturated carbocycles. The van der Waals surface area contributed by atoms with Crippen LogP contribution in [0, 0.1) is 10.8 Å². The van der Waals surface area contributed by atoms with E-state index in [1.54, 1.807) is 0 Å². The number of thiocarbonyl (C=S) groups is 1. The molecular weight excluding hydrogens is 364 g/mol. The molecule has 0 aromatic heterocycles. The van der Waals surface area contributed by atoms with E-state index in [0.717, 1.165) is 19.3 Å². The van der Waals surface area contributed by atoms with Gasteiger partial charge in [0, 0.05) is 10.8 Å². The molecule has 2 aliphatic rings. The molecule has 0 heterocycles. The highest BCUT2D eigenvalue weighted by molar-refractivity contribution is 8.22. The van der Waals surface area contributed by atoms with Crippen molar-refractivity contribution in [1.82, 2.24) is 0 Å². The monoisotopic (exact) mass is 400 g/mol. The van der Waals surface area contributed by atoms with Crippen LogP contribution in [-0.2, 0) is 9.16 Å². The van der Waals surface area contributed by atoms with Gasteiger partial charge in [0.25, 0.3) is 0 Å². The Morgan fingerprint density at radius 3 is 2.36 bits per heavy atom. The van der Waals surface area contributed by atoms with Crippen LogP contribution in [0.1, 0.15) is 60.8 Å². The van der Waals surface area contributed by atoms with Gasteiger partial charge < -0.3 is 9.16 Å².